The van der Waals surface area contributed by atoms with Gasteiger partial charge in [0.05, 0.1) is 6.26 Å². The lowest BCUT2D eigenvalue weighted by Crippen LogP contribution is -2.20. The van der Waals surface area contributed by atoms with Crippen molar-refractivity contribution in [2.45, 2.75) is 13.0 Å². The van der Waals surface area contributed by atoms with Crippen LogP contribution in [0.4, 0.5) is 17.1 Å². The van der Waals surface area contributed by atoms with Crippen LogP contribution in [-0.2, 0) is 4.79 Å². The quantitative estimate of drug-likeness (QED) is 0.300. The van der Waals surface area contributed by atoms with Gasteiger partial charge in [-0.05, 0) is 61.0 Å². The van der Waals surface area contributed by atoms with Gasteiger partial charge in [-0.1, -0.05) is 36.4 Å². The zero-order valence-corrected chi connectivity index (χ0v) is 18.7. The fourth-order valence-corrected chi connectivity index (χ4v) is 3.33. The van der Waals surface area contributed by atoms with Crippen molar-refractivity contribution in [1.82, 2.24) is 0 Å². The van der Waals surface area contributed by atoms with Gasteiger partial charge < -0.3 is 25.1 Å². The number of hydrogen-bond acceptors (Lipinski definition) is 5. The molecule has 0 saturated heterocycles. The van der Waals surface area contributed by atoms with Gasteiger partial charge in [0.25, 0.3) is 11.8 Å². The fourth-order valence-electron chi connectivity index (χ4n) is 3.33. The number of carbonyl (C=O) groups excluding carboxylic acids is 2. The molecule has 2 amide bonds. The summed E-state index contributed by atoms with van der Waals surface area (Å²) in [7, 11) is 0. The Bertz CT molecular complexity index is 1220. The van der Waals surface area contributed by atoms with E-state index in [1.807, 2.05) is 42.5 Å². The largest absolute Gasteiger partial charge is 0.484 e. The highest BCUT2D eigenvalue weighted by atomic mass is 16.5. The molecular weight excluding hydrogens is 430 g/mol. The number of furan rings is 1. The number of amides is 2. The molecule has 0 aliphatic heterocycles. The van der Waals surface area contributed by atoms with Crippen LogP contribution in [0.5, 0.6) is 5.75 Å². The molecule has 0 saturated carbocycles. The van der Waals surface area contributed by atoms with E-state index in [1.54, 1.807) is 36.4 Å². The first-order valence-electron chi connectivity index (χ1n) is 10.9. The van der Waals surface area contributed by atoms with E-state index in [1.165, 1.54) is 11.8 Å². The number of hydrogen-bond donors (Lipinski definition) is 3. The van der Waals surface area contributed by atoms with Crippen molar-refractivity contribution in [2.75, 3.05) is 22.6 Å². The van der Waals surface area contributed by atoms with Crippen molar-refractivity contribution < 1.29 is 18.7 Å². The summed E-state index contributed by atoms with van der Waals surface area (Å²) in [5, 5.41) is 8.98. The molecule has 0 fully saturated rings. The summed E-state index contributed by atoms with van der Waals surface area (Å²) in [6, 6.07) is 27.9. The van der Waals surface area contributed by atoms with Crippen LogP contribution in [-0.4, -0.2) is 18.4 Å². The Kier molecular flexibility index (Phi) is 7.25. The van der Waals surface area contributed by atoms with E-state index in [0.29, 0.717) is 17.1 Å². The maximum absolute atomic E-state index is 12.3. The Labute approximate surface area is 197 Å². The van der Waals surface area contributed by atoms with Crippen LogP contribution in [0.15, 0.2) is 102 Å². The van der Waals surface area contributed by atoms with Crippen molar-refractivity contribution >= 4 is 28.9 Å². The highest BCUT2D eigenvalue weighted by molar-refractivity contribution is 6.02. The Morgan fingerprint density at radius 1 is 0.824 bits per heavy atom. The van der Waals surface area contributed by atoms with Crippen LogP contribution >= 0.6 is 0 Å². The fraction of sp³-hybridized carbons (Fsp3) is 0.111. The van der Waals surface area contributed by atoms with Gasteiger partial charge in [-0.3, -0.25) is 9.59 Å². The van der Waals surface area contributed by atoms with E-state index < -0.39 is 0 Å². The lowest BCUT2D eigenvalue weighted by molar-refractivity contribution is -0.118. The van der Waals surface area contributed by atoms with Crippen LogP contribution in [0.1, 0.15) is 29.1 Å². The molecule has 0 bridgehead atoms. The van der Waals surface area contributed by atoms with Gasteiger partial charge in [0.15, 0.2) is 12.4 Å². The van der Waals surface area contributed by atoms with Crippen LogP contribution in [0, 0.1) is 0 Å². The molecule has 172 valence electrons. The molecule has 3 N–H and O–H groups in total. The average molecular weight is 456 g/mol. The van der Waals surface area contributed by atoms with Gasteiger partial charge in [0.1, 0.15) is 5.75 Å². The zero-order chi connectivity index (χ0) is 23.8. The maximum atomic E-state index is 12.3. The number of ether oxygens (including phenoxy) is 1. The summed E-state index contributed by atoms with van der Waals surface area (Å²) in [6.07, 6.45) is 1.43. The molecule has 1 unspecified atom stereocenters. The second-order valence-electron chi connectivity index (χ2n) is 7.65. The van der Waals surface area contributed by atoms with Gasteiger partial charge in [-0.2, -0.15) is 0 Å². The second kappa shape index (κ2) is 10.9. The summed E-state index contributed by atoms with van der Waals surface area (Å²) in [6.45, 7) is 1.93. The first-order valence-corrected chi connectivity index (χ1v) is 10.9. The van der Waals surface area contributed by atoms with Crippen LogP contribution in [0.3, 0.4) is 0 Å². The molecule has 4 aromatic rings. The molecular formula is C27H25N3O4. The number of carbonyl (C=O) groups is 2. The molecule has 0 spiro atoms. The Hall–Kier alpha value is -4.52. The average Bonchev–Trinajstić information content (AvgIpc) is 3.40. The molecule has 1 atom stereocenters. The predicted octanol–water partition coefficient (Wildman–Crippen LogP) is 5.72. The highest BCUT2D eigenvalue weighted by Gasteiger charge is 2.10. The van der Waals surface area contributed by atoms with Gasteiger partial charge in [-0.25, -0.2) is 0 Å². The van der Waals surface area contributed by atoms with Gasteiger partial charge >= 0.3 is 0 Å². The molecule has 1 aromatic heterocycles. The molecule has 0 radical (unpaired) electrons. The third-order valence-electron chi connectivity index (χ3n) is 5.06. The summed E-state index contributed by atoms with van der Waals surface area (Å²) in [5.41, 5.74) is 3.36. The maximum Gasteiger partial charge on any atom is 0.291 e. The summed E-state index contributed by atoms with van der Waals surface area (Å²) >= 11 is 0. The number of rotatable bonds is 9. The Morgan fingerprint density at radius 2 is 1.59 bits per heavy atom. The molecule has 0 aliphatic carbocycles. The molecule has 3 aromatic carbocycles. The standard InChI is InChI=1S/C27H25N3O4/c1-19(20-7-3-2-4-8-20)28-21-12-14-22(15-13-21)29-26(31)18-34-24-10-5-9-23(17-24)30-27(32)25-11-6-16-33-25/h2-17,19,28H,18H2,1H3,(H,29,31)(H,30,32). The lowest BCUT2D eigenvalue weighted by Gasteiger charge is -2.16. The van der Waals surface area contributed by atoms with Crippen LogP contribution in [0.25, 0.3) is 0 Å². The van der Waals surface area contributed by atoms with Crippen molar-refractivity contribution in [3.8, 4) is 5.75 Å². The molecule has 4 rings (SSSR count). The Balaban J connectivity index is 1.26. The van der Waals surface area contributed by atoms with E-state index >= 15 is 0 Å². The van der Waals surface area contributed by atoms with Crippen LogP contribution < -0.4 is 20.7 Å². The van der Waals surface area contributed by atoms with Crippen molar-refractivity contribution in [3.63, 3.8) is 0 Å². The summed E-state index contributed by atoms with van der Waals surface area (Å²) < 4.78 is 10.7. The van der Waals surface area contributed by atoms with E-state index in [4.69, 9.17) is 9.15 Å². The minimum absolute atomic E-state index is 0.162. The molecule has 7 heteroatoms. The number of benzene rings is 3. The van der Waals surface area contributed by atoms with E-state index in [-0.39, 0.29) is 30.2 Å². The van der Waals surface area contributed by atoms with Gasteiger partial charge in [0.2, 0.25) is 0 Å². The summed E-state index contributed by atoms with van der Waals surface area (Å²) in [5.74, 6) is 0.0164. The third-order valence-corrected chi connectivity index (χ3v) is 5.06. The van der Waals surface area contributed by atoms with Crippen molar-refractivity contribution in [1.29, 1.82) is 0 Å². The number of anilines is 3. The predicted molar refractivity (Wildman–Crippen MR) is 132 cm³/mol. The molecule has 34 heavy (non-hydrogen) atoms. The highest BCUT2D eigenvalue weighted by Crippen LogP contribution is 2.21. The molecule has 1 heterocycles. The van der Waals surface area contributed by atoms with Crippen LogP contribution in [0.2, 0.25) is 0 Å². The van der Waals surface area contributed by atoms with Crippen molar-refractivity contribution in [3.05, 3.63) is 109 Å². The monoisotopic (exact) mass is 455 g/mol. The number of nitrogens with one attached hydrogen (secondary N) is 3. The lowest BCUT2D eigenvalue weighted by atomic mass is 10.1. The van der Waals surface area contributed by atoms with Gasteiger partial charge in [-0.15, -0.1) is 0 Å². The van der Waals surface area contributed by atoms with E-state index in [2.05, 4.69) is 35.0 Å². The molecule has 7 nitrogen and oxygen atoms in total. The SMILES string of the molecule is CC(Nc1ccc(NC(=O)COc2cccc(NC(=O)c3ccco3)c2)cc1)c1ccccc1. The second-order valence-corrected chi connectivity index (χ2v) is 7.65. The first kappa shape index (κ1) is 22.7. The third kappa shape index (κ3) is 6.26. The van der Waals surface area contributed by atoms with Gasteiger partial charge in [0, 0.05) is 29.2 Å². The van der Waals surface area contributed by atoms with E-state index in [0.717, 1.165) is 5.69 Å². The zero-order valence-electron chi connectivity index (χ0n) is 18.7. The first-order chi connectivity index (χ1) is 16.6. The van der Waals surface area contributed by atoms with E-state index in [9.17, 15) is 9.59 Å². The topological polar surface area (TPSA) is 92.6 Å². The minimum Gasteiger partial charge on any atom is -0.484 e. The summed E-state index contributed by atoms with van der Waals surface area (Å²) in [4.78, 5) is 24.4. The Morgan fingerprint density at radius 3 is 2.32 bits per heavy atom. The normalized spacial score (nSPS) is 11.3. The molecule has 0 aliphatic rings. The minimum atomic E-state index is -0.365. The van der Waals surface area contributed by atoms with Crippen molar-refractivity contribution in [2.24, 2.45) is 0 Å². The smallest absolute Gasteiger partial charge is 0.291 e.